The Hall–Kier alpha value is -2.28. The van der Waals surface area contributed by atoms with Crippen molar-refractivity contribution >= 4 is 5.69 Å². The molecule has 0 bridgehead atoms. The summed E-state index contributed by atoms with van der Waals surface area (Å²) >= 11 is 0. The first-order valence-electron chi connectivity index (χ1n) is 6.56. The van der Waals surface area contributed by atoms with Crippen molar-refractivity contribution in [3.8, 4) is 6.07 Å². The fourth-order valence-corrected chi connectivity index (χ4v) is 1.96. The Morgan fingerprint density at radius 1 is 1.26 bits per heavy atom. The smallest absolute Gasteiger partial charge is 0.0991 e. The standard InChI is InChI=1S/C15H18N4/c1-3-13-9-15(19(4-2)18-13)11-17-14-7-5-12(10-16)6-8-14/h5-9,17H,3-4,11H2,1-2H3. The molecule has 2 aromatic rings. The molecule has 0 saturated heterocycles. The summed E-state index contributed by atoms with van der Waals surface area (Å²) in [5, 5.41) is 16.6. The van der Waals surface area contributed by atoms with Gasteiger partial charge in [-0.2, -0.15) is 10.4 Å². The molecule has 2 rings (SSSR count). The Morgan fingerprint density at radius 2 is 2.00 bits per heavy atom. The molecule has 4 heteroatoms. The van der Waals surface area contributed by atoms with Crippen molar-refractivity contribution in [1.82, 2.24) is 9.78 Å². The second-order valence-electron chi connectivity index (χ2n) is 4.34. The van der Waals surface area contributed by atoms with E-state index in [0.717, 1.165) is 30.9 Å². The highest BCUT2D eigenvalue weighted by Gasteiger charge is 2.05. The van der Waals surface area contributed by atoms with Gasteiger partial charge in [0.2, 0.25) is 0 Å². The third kappa shape index (κ3) is 3.14. The molecule has 1 aromatic carbocycles. The maximum Gasteiger partial charge on any atom is 0.0991 e. The van der Waals surface area contributed by atoms with Crippen molar-refractivity contribution in [1.29, 1.82) is 5.26 Å². The average Bonchev–Trinajstić information content (AvgIpc) is 2.88. The molecular weight excluding hydrogens is 236 g/mol. The van der Waals surface area contributed by atoms with Gasteiger partial charge in [0.15, 0.2) is 0 Å². The van der Waals surface area contributed by atoms with E-state index in [4.69, 9.17) is 5.26 Å². The quantitative estimate of drug-likeness (QED) is 0.892. The predicted octanol–water partition coefficient (Wildman–Crippen LogP) is 2.95. The molecule has 4 nitrogen and oxygen atoms in total. The second kappa shape index (κ2) is 6.05. The Balaban J connectivity index is 2.05. The van der Waals surface area contributed by atoms with Crippen LogP contribution in [0, 0.1) is 11.3 Å². The van der Waals surface area contributed by atoms with Crippen LogP contribution in [0.15, 0.2) is 30.3 Å². The predicted molar refractivity (Wildman–Crippen MR) is 75.8 cm³/mol. The summed E-state index contributed by atoms with van der Waals surface area (Å²) < 4.78 is 2.02. The summed E-state index contributed by atoms with van der Waals surface area (Å²) in [5.41, 5.74) is 4.00. The van der Waals surface area contributed by atoms with Gasteiger partial charge in [-0.05, 0) is 43.7 Å². The van der Waals surface area contributed by atoms with Crippen LogP contribution in [0.5, 0.6) is 0 Å². The van der Waals surface area contributed by atoms with Crippen LogP contribution in [0.2, 0.25) is 0 Å². The minimum Gasteiger partial charge on any atom is -0.379 e. The molecule has 0 aliphatic rings. The highest BCUT2D eigenvalue weighted by Crippen LogP contribution is 2.12. The molecule has 0 atom stereocenters. The van der Waals surface area contributed by atoms with Crippen LogP contribution >= 0.6 is 0 Å². The lowest BCUT2D eigenvalue weighted by molar-refractivity contribution is 0.619. The topological polar surface area (TPSA) is 53.6 Å². The molecule has 0 unspecified atom stereocenters. The lowest BCUT2D eigenvalue weighted by Crippen LogP contribution is -2.07. The van der Waals surface area contributed by atoms with Gasteiger partial charge in [-0.3, -0.25) is 4.68 Å². The molecule has 19 heavy (non-hydrogen) atoms. The summed E-state index contributed by atoms with van der Waals surface area (Å²) in [6, 6.07) is 11.7. The van der Waals surface area contributed by atoms with Crippen LogP contribution in [0.4, 0.5) is 5.69 Å². The van der Waals surface area contributed by atoms with Crippen molar-refractivity contribution in [3.05, 3.63) is 47.3 Å². The molecule has 0 amide bonds. The first kappa shape index (κ1) is 13.2. The molecule has 98 valence electrons. The van der Waals surface area contributed by atoms with Gasteiger partial charge >= 0.3 is 0 Å². The monoisotopic (exact) mass is 254 g/mol. The SMILES string of the molecule is CCc1cc(CNc2ccc(C#N)cc2)n(CC)n1. The summed E-state index contributed by atoms with van der Waals surface area (Å²) in [6.45, 7) is 5.83. The molecular formula is C15H18N4. The van der Waals surface area contributed by atoms with Gasteiger partial charge in [-0.15, -0.1) is 0 Å². The summed E-state index contributed by atoms with van der Waals surface area (Å²) in [6.07, 6.45) is 0.955. The third-order valence-electron chi connectivity index (χ3n) is 3.06. The van der Waals surface area contributed by atoms with Gasteiger partial charge in [0.1, 0.15) is 0 Å². The lowest BCUT2D eigenvalue weighted by Gasteiger charge is -2.07. The highest BCUT2D eigenvalue weighted by molar-refractivity contribution is 5.47. The summed E-state index contributed by atoms with van der Waals surface area (Å²) in [7, 11) is 0. The van der Waals surface area contributed by atoms with Crippen LogP contribution in [0.25, 0.3) is 0 Å². The number of nitrogens with zero attached hydrogens (tertiary/aromatic N) is 3. The molecule has 0 radical (unpaired) electrons. The van der Waals surface area contributed by atoms with E-state index in [1.165, 1.54) is 5.69 Å². The van der Waals surface area contributed by atoms with Gasteiger partial charge in [0.25, 0.3) is 0 Å². The van der Waals surface area contributed by atoms with Crippen molar-refractivity contribution in [2.45, 2.75) is 33.4 Å². The minimum atomic E-state index is 0.678. The zero-order valence-electron chi connectivity index (χ0n) is 11.3. The number of aryl methyl sites for hydroxylation is 2. The van der Waals surface area contributed by atoms with E-state index in [1.54, 1.807) is 0 Å². The van der Waals surface area contributed by atoms with Crippen LogP contribution in [0.3, 0.4) is 0 Å². The number of rotatable bonds is 5. The van der Waals surface area contributed by atoms with Crippen LogP contribution in [-0.2, 0) is 19.5 Å². The zero-order valence-corrected chi connectivity index (χ0v) is 11.3. The number of hydrogen-bond acceptors (Lipinski definition) is 3. The number of hydrogen-bond donors (Lipinski definition) is 1. The number of nitriles is 1. The molecule has 0 aliphatic heterocycles. The maximum absolute atomic E-state index is 8.75. The molecule has 0 fully saturated rings. The maximum atomic E-state index is 8.75. The zero-order chi connectivity index (χ0) is 13.7. The second-order valence-corrected chi connectivity index (χ2v) is 4.34. The fourth-order valence-electron chi connectivity index (χ4n) is 1.96. The Morgan fingerprint density at radius 3 is 2.58 bits per heavy atom. The number of benzene rings is 1. The van der Waals surface area contributed by atoms with E-state index in [0.29, 0.717) is 5.56 Å². The number of anilines is 1. The molecule has 1 N–H and O–H groups in total. The first-order valence-corrected chi connectivity index (χ1v) is 6.56. The third-order valence-corrected chi connectivity index (χ3v) is 3.06. The van der Waals surface area contributed by atoms with Crippen molar-refractivity contribution in [3.63, 3.8) is 0 Å². The van der Waals surface area contributed by atoms with Crippen molar-refractivity contribution in [2.75, 3.05) is 5.32 Å². The van der Waals surface area contributed by atoms with Gasteiger partial charge in [-0.1, -0.05) is 6.92 Å². The molecule has 1 heterocycles. The molecule has 0 aliphatic carbocycles. The van der Waals surface area contributed by atoms with Gasteiger partial charge in [0, 0.05) is 12.2 Å². The van der Waals surface area contributed by atoms with Crippen LogP contribution < -0.4 is 5.32 Å². The summed E-state index contributed by atoms with van der Waals surface area (Å²) in [5.74, 6) is 0. The van der Waals surface area contributed by atoms with E-state index in [2.05, 4.69) is 36.4 Å². The van der Waals surface area contributed by atoms with Gasteiger partial charge < -0.3 is 5.32 Å². The Kier molecular flexibility index (Phi) is 4.19. The van der Waals surface area contributed by atoms with Gasteiger partial charge in [0.05, 0.1) is 29.6 Å². The normalized spacial score (nSPS) is 10.2. The molecule has 0 spiro atoms. The lowest BCUT2D eigenvalue weighted by atomic mass is 10.2. The van der Waals surface area contributed by atoms with Crippen LogP contribution in [0.1, 0.15) is 30.8 Å². The van der Waals surface area contributed by atoms with Crippen molar-refractivity contribution in [2.24, 2.45) is 0 Å². The number of nitrogens with one attached hydrogen (secondary N) is 1. The van der Waals surface area contributed by atoms with E-state index in [9.17, 15) is 0 Å². The van der Waals surface area contributed by atoms with E-state index in [-0.39, 0.29) is 0 Å². The molecule has 1 aromatic heterocycles. The van der Waals surface area contributed by atoms with E-state index >= 15 is 0 Å². The fraction of sp³-hybridized carbons (Fsp3) is 0.333. The minimum absolute atomic E-state index is 0.678. The highest BCUT2D eigenvalue weighted by atomic mass is 15.3. The van der Waals surface area contributed by atoms with Crippen LogP contribution in [-0.4, -0.2) is 9.78 Å². The first-order chi connectivity index (χ1) is 9.26. The van der Waals surface area contributed by atoms with E-state index < -0.39 is 0 Å². The van der Waals surface area contributed by atoms with Gasteiger partial charge in [-0.25, -0.2) is 0 Å². The summed E-state index contributed by atoms with van der Waals surface area (Å²) in [4.78, 5) is 0. The largest absolute Gasteiger partial charge is 0.379 e. The number of aromatic nitrogens is 2. The Labute approximate surface area is 113 Å². The Bertz CT molecular complexity index is 575. The molecule has 0 saturated carbocycles. The average molecular weight is 254 g/mol. The van der Waals surface area contributed by atoms with E-state index in [1.807, 2.05) is 28.9 Å². The van der Waals surface area contributed by atoms with Crippen molar-refractivity contribution < 1.29 is 0 Å².